The maximum atomic E-state index is 10.8. The number of anilines is 1. The number of benzene rings is 1. The minimum atomic E-state index is 0.0301. The second-order valence-corrected chi connectivity index (χ2v) is 6.92. The number of hydrogen-bond donors (Lipinski definition) is 2. The monoisotopic (exact) mass is 345 g/mol. The number of nitrogens with zero attached hydrogens (tertiary/aromatic N) is 1. The van der Waals surface area contributed by atoms with Crippen LogP contribution in [0.25, 0.3) is 0 Å². The van der Waals surface area contributed by atoms with E-state index in [1.807, 2.05) is 0 Å². The number of hydrogen-bond acceptors (Lipinski definition) is 4. The molecule has 0 radical (unpaired) electrons. The largest absolute Gasteiger partial charge is 0.369 e. The predicted octanol–water partition coefficient (Wildman–Crippen LogP) is 2.14. The molecule has 2 fully saturated rings. The molecule has 5 nitrogen and oxygen atoms in total. The number of amides is 1. The van der Waals surface area contributed by atoms with Gasteiger partial charge in [0.15, 0.2) is 0 Å². The number of nitrogens with one attached hydrogen (secondary N) is 2. The molecule has 1 saturated heterocycles. The SMILES string of the molecule is CNC(=O)CCC(C=O)C1CC1.Cc1ccc(N2CCNCC2)cc1. The zero-order chi connectivity index (χ0) is 18.1. The fraction of sp³-hybridized carbons (Fsp3) is 0.600. The van der Waals surface area contributed by atoms with Gasteiger partial charge >= 0.3 is 0 Å². The van der Waals surface area contributed by atoms with Gasteiger partial charge in [0.1, 0.15) is 6.29 Å². The van der Waals surface area contributed by atoms with Gasteiger partial charge in [-0.3, -0.25) is 4.79 Å². The van der Waals surface area contributed by atoms with Gasteiger partial charge in [-0.15, -0.1) is 0 Å². The van der Waals surface area contributed by atoms with Gasteiger partial charge in [0.25, 0.3) is 0 Å². The second-order valence-electron chi connectivity index (χ2n) is 6.92. The summed E-state index contributed by atoms with van der Waals surface area (Å²) in [5, 5.41) is 5.90. The lowest BCUT2D eigenvalue weighted by Gasteiger charge is -2.29. The zero-order valence-electron chi connectivity index (χ0n) is 15.5. The van der Waals surface area contributed by atoms with Crippen molar-refractivity contribution in [3.05, 3.63) is 29.8 Å². The van der Waals surface area contributed by atoms with Gasteiger partial charge in [-0.05, 0) is 44.2 Å². The topological polar surface area (TPSA) is 61.4 Å². The number of aldehydes is 1. The lowest BCUT2D eigenvalue weighted by molar-refractivity contribution is -0.121. The summed E-state index contributed by atoms with van der Waals surface area (Å²) in [7, 11) is 1.62. The number of carbonyl (C=O) groups is 2. The zero-order valence-corrected chi connectivity index (χ0v) is 15.5. The summed E-state index contributed by atoms with van der Waals surface area (Å²) in [5.41, 5.74) is 2.69. The van der Waals surface area contributed by atoms with E-state index in [1.54, 1.807) is 7.05 Å². The molecule has 1 aliphatic heterocycles. The van der Waals surface area contributed by atoms with E-state index in [0.29, 0.717) is 18.8 Å². The summed E-state index contributed by atoms with van der Waals surface area (Å²) in [6, 6.07) is 8.77. The third-order valence-corrected chi connectivity index (χ3v) is 4.90. The van der Waals surface area contributed by atoms with E-state index in [9.17, 15) is 9.59 Å². The van der Waals surface area contributed by atoms with Crippen molar-refractivity contribution in [2.45, 2.75) is 32.6 Å². The Bertz CT molecular complexity index is 534. The normalized spacial score (nSPS) is 17.9. The Morgan fingerprint density at radius 3 is 2.44 bits per heavy atom. The standard InChI is InChI=1S/C11H16N2.C9H15NO2/c1-10-2-4-11(5-3-10)13-8-6-12-7-9-13;1-10-9(12)5-4-8(6-11)7-2-3-7/h2-5,12H,6-9H2,1H3;6-8H,2-5H2,1H3,(H,10,12). The molecule has 0 spiro atoms. The third-order valence-electron chi connectivity index (χ3n) is 4.90. The molecule has 1 unspecified atom stereocenters. The molecule has 0 bridgehead atoms. The van der Waals surface area contributed by atoms with Crippen LogP contribution >= 0.6 is 0 Å². The minimum absolute atomic E-state index is 0.0301. The molecule has 138 valence electrons. The van der Waals surface area contributed by atoms with Crippen LogP contribution in [-0.2, 0) is 9.59 Å². The predicted molar refractivity (Wildman–Crippen MR) is 102 cm³/mol. The summed E-state index contributed by atoms with van der Waals surface area (Å²) < 4.78 is 0. The van der Waals surface area contributed by atoms with E-state index in [1.165, 1.54) is 11.3 Å². The van der Waals surface area contributed by atoms with Crippen LogP contribution in [0.5, 0.6) is 0 Å². The average molecular weight is 345 g/mol. The number of carbonyl (C=O) groups excluding carboxylic acids is 2. The van der Waals surface area contributed by atoms with Crippen LogP contribution in [0.1, 0.15) is 31.2 Å². The van der Waals surface area contributed by atoms with Crippen molar-refractivity contribution in [3.8, 4) is 0 Å². The first-order valence-electron chi connectivity index (χ1n) is 9.32. The van der Waals surface area contributed by atoms with Crippen molar-refractivity contribution >= 4 is 17.9 Å². The minimum Gasteiger partial charge on any atom is -0.369 e. The van der Waals surface area contributed by atoms with Crippen LogP contribution in [0.2, 0.25) is 0 Å². The number of piperazine rings is 1. The van der Waals surface area contributed by atoms with Crippen molar-refractivity contribution in [1.29, 1.82) is 0 Å². The first kappa shape index (κ1) is 19.4. The molecule has 1 saturated carbocycles. The molecule has 1 heterocycles. The van der Waals surface area contributed by atoms with Crippen LogP contribution < -0.4 is 15.5 Å². The molecule has 5 heteroatoms. The first-order chi connectivity index (χ1) is 12.1. The average Bonchev–Trinajstić information content (AvgIpc) is 3.49. The van der Waals surface area contributed by atoms with E-state index in [0.717, 1.165) is 45.3 Å². The van der Waals surface area contributed by atoms with Gasteiger partial charge in [0, 0.05) is 51.3 Å². The summed E-state index contributed by atoms with van der Waals surface area (Å²) in [4.78, 5) is 23.8. The van der Waals surface area contributed by atoms with E-state index < -0.39 is 0 Å². The van der Waals surface area contributed by atoms with Crippen LogP contribution in [0, 0.1) is 18.8 Å². The van der Waals surface area contributed by atoms with Crippen LogP contribution in [-0.4, -0.2) is 45.4 Å². The van der Waals surface area contributed by atoms with Crippen molar-refractivity contribution in [2.75, 3.05) is 38.1 Å². The van der Waals surface area contributed by atoms with Gasteiger partial charge in [0.2, 0.25) is 5.91 Å². The summed E-state index contributed by atoms with van der Waals surface area (Å²) in [6.07, 6.45) is 4.53. The molecule has 2 N–H and O–H groups in total. The Kier molecular flexibility index (Phi) is 7.92. The van der Waals surface area contributed by atoms with Gasteiger partial charge in [-0.25, -0.2) is 0 Å². The van der Waals surface area contributed by atoms with Gasteiger partial charge < -0.3 is 20.3 Å². The Balaban J connectivity index is 0.000000181. The van der Waals surface area contributed by atoms with Crippen LogP contribution in [0.15, 0.2) is 24.3 Å². The Morgan fingerprint density at radius 1 is 1.28 bits per heavy atom. The lowest BCUT2D eigenvalue weighted by atomic mass is 9.99. The first-order valence-corrected chi connectivity index (χ1v) is 9.32. The molecule has 1 aromatic carbocycles. The molecular weight excluding hydrogens is 314 g/mol. The van der Waals surface area contributed by atoms with Gasteiger partial charge in [0.05, 0.1) is 0 Å². The van der Waals surface area contributed by atoms with E-state index >= 15 is 0 Å². The lowest BCUT2D eigenvalue weighted by Crippen LogP contribution is -2.43. The molecule has 3 rings (SSSR count). The Labute approximate surface area is 151 Å². The Hall–Kier alpha value is -1.88. The van der Waals surface area contributed by atoms with E-state index in [2.05, 4.69) is 46.7 Å². The van der Waals surface area contributed by atoms with Crippen molar-refractivity contribution < 1.29 is 9.59 Å². The molecule has 1 aliphatic carbocycles. The molecular formula is C20H31N3O2. The third kappa shape index (κ3) is 6.86. The maximum absolute atomic E-state index is 10.8. The summed E-state index contributed by atoms with van der Waals surface area (Å²) in [5.74, 6) is 0.733. The second kappa shape index (κ2) is 10.2. The van der Waals surface area contributed by atoms with Crippen LogP contribution in [0.3, 0.4) is 0 Å². The van der Waals surface area contributed by atoms with E-state index in [-0.39, 0.29) is 11.8 Å². The molecule has 1 aromatic rings. The maximum Gasteiger partial charge on any atom is 0.219 e. The van der Waals surface area contributed by atoms with Crippen molar-refractivity contribution in [3.63, 3.8) is 0 Å². The molecule has 0 aromatic heterocycles. The molecule has 25 heavy (non-hydrogen) atoms. The van der Waals surface area contributed by atoms with Gasteiger partial charge in [-0.1, -0.05) is 17.7 Å². The quantitative estimate of drug-likeness (QED) is 0.776. The molecule has 1 atom stereocenters. The van der Waals surface area contributed by atoms with E-state index in [4.69, 9.17) is 0 Å². The smallest absolute Gasteiger partial charge is 0.219 e. The van der Waals surface area contributed by atoms with Crippen molar-refractivity contribution in [1.82, 2.24) is 10.6 Å². The Morgan fingerprint density at radius 2 is 1.92 bits per heavy atom. The fourth-order valence-electron chi connectivity index (χ4n) is 3.04. The highest BCUT2D eigenvalue weighted by Gasteiger charge is 2.30. The van der Waals surface area contributed by atoms with Gasteiger partial charge in [-0.2, -0.15) is 0 Å². The highest BCUT2D eigenvalue weighted by atomic mass is 16.1. The molecule has 2 aliphatic rings. The summed E-state index contributed by atoms with van der Waals surface area (Å²) >= 11 is 0. The fourth-order valence-corrected chi connectivity index (χ4v) is 3.04. The highest BCUT2D eigenvalue weighted by molar-refractivity contribution is 5.75. The van der Waals surface area contributed by atoms with Crippen molar-refractivity contribution in [2.24, 2.45) is 11.8 Å². The number of rotatable bonds is 6. The molecule has 1 amide bonds. The summed E-state index contributed by atoms with van der Waals surface area (Å²) in [6.45, 7) is 6.59. The van der Waals surface area contributed by atoms with Crippen LogP contribution in [0.4, 0.5) is 5.69 Å². The highest BCUT2D eigenvalue weighted by Crippen LogP contribution is 2.37. The number of aryl methyl sites for hydroxylation is 1.